The molecule has 100 valence electrons. The van der Waals surface area contributed by atoms with Gasteiger partial charge in [0.25, 0.3) is 0 Å². The van der Waals surface area contributed by atoms with Crippen LogP contribution in [0.1, 0.15) is 11.1 Å². The first-order valence-electron chi connectivity index (χ1n) is 6.75. The predicted octanol–water partition coefficient (Wildman–Crippen LogP) is 4.78. The molecule has 0 aliphatic rings. The fraction of sp³-hybridized carbons (Fsp3) is 0.111. The first-order chi connectivity index (χ1) is 9.83. The lowest BCUT2D eigenvalue weighted by atomic mass is 10.0. The van der Waals surface area contributed by atoms with Crippen molar-refractivity contribution >= 4 is 22.4 Å². The van der Waals surface area contributed by atoms with E-state index in [0.717, 1.165) is 18.1 Å². The molecular formula is C18H16ClN. The molecule has 0 saturated heterocycles. The molecule has 0 aromatic heterocycles. The highest BCUT2D eigenvalue weighted by Gasteiger charge is 2.00. The van der Waals surface area contributed by atoms with E-state index in [1.807, 2.05) is 18.2 Å². The third-order valence-corrected chi connectivity index (χ3v) is 3.65. The van der Waals surface area contributed by atoms with E-state index >= 15 is 0 Å². The van der Waals surface area contributed by atoms with Gasteiger partial charge in [-0.15, -0.1) is 0 Å². The number of benzene rings is 3. The summed E-state index contributed by atoms with van der Waals surface area (Å²) in [5.41, 5.74) is 2.53. The molecule has 0 atom stereocenters. The summed E-state index contributed by atoms with van der Waals surface area (Å²) in [6.07, 6.45) is 0. The minimum atomic E-state index is 0.787. The van der Waals surface area contributed by atoms with Gasteiger partial charge in [-0.3, -0.25) is 0 Å². The zero-order chi connectivity index (χ0) is 13.8. The average Bonchev–Trinajstić information content (AvgIpc) is 2.48. The molecule has 1 N–H and O–H groups in total. The van der Waals surface area contributed by atoms with E-state index in [-0.39, 0.29) is 0 Å². The molecule has 0 radical (unpaired) electrons. The first-order valence-corrected chi connectivity index (χ1v) is 7.12. The van der Waals surface area contributed by atoms with Gasteiger partial charge >= 0.3 is 0 Å². The number of nitrogens with one attached hydrogen (secondary N) is 1. The molecule has 20 heavy (non-hydrogen) atoms. The second-order valence-corrected chi connectivity index (χ2v) is 5.31. The molecule has 0 heterocycles. The Bertz CT molecular complexity index is 716. The Balaban J connectivity index is 1.71. The summed E-state index contributed by atoms with van der Waals surface area (Å²) in [4.78, 5) is 0. The van der Waals surface area contributed by atoms with Crippen molar-refractivity contribution in [3.05, 3.63) is 82.9 Å². The van der Waals surface area contributed by atoms with Crippen LogP contribution >= 0.6 is 11.6 Å². The predicted molar refractivity (Wildman–Crippen MR) is 85.9 cm³/mol. The Morgan fingerprint density at radius 2 is 1.60 bits per heavy atom. The molecule has 0 bridgehead atoms. The van der Waals surface area contributed by atoms with Crippen LogP contribution in [0.4, 0.5) is 0 Å². The van der Waals surface area contributed by atoms with Gasteiger partial charge < -0.3 is 5.32 Å². The Morgan fingerprint density at radius 1 is 0.800 bits per heavy atom. The lowest BCUT2D eigenvalue weighted by molar-refractivity contribution is 0.696. The SMILES string of the molecule is Clc1cccc(CNCc2cccc3ccccc23)c1. The number of hydrogen-bond donors (Lipinski definition) is 1. The van der Waals surface area contributed by atoms with E-state index in [9.17, 15) is 0 Å². The zero-order valence-corrected chi connectivity index (χ0v) is 11.9. The van der Waals surface area contributed by atoms with E-state index < -0.39 is 0 Å². The van der Waals surface area contributed by atoms with Gasteiger partial charge in [0.1, 0.15) is 0 Å². The topological polar surface area (TPSA) is 12.0 Å². The van der Waals surface area contributed by atoms with Gasteiger partial charge in [0.2, 0.25) is 0 Å². The minimum Gasteiger partial charge on any atom is -0.309 e. The Hall–Kier alpha value is -1.83. The molecule has 0 unspecified atom stereocenters. The van der Waals surface area contributed by atoms with Crippen molar-refractivity contribution in [2.75, 3.05) is 0 Å². The van der Waals surface area contributed by atoms with E-state index in [2.05, 4.69) is 53.8 Å². The van der Waals surface area contributed by atoms with E-state index in [4.69, 9.17) is 11.6 Å². The van der Waals surface area contributed by atoms with Crippen LogP contribution in [-0.2, 0) is 13.1 Å². The van der Waals surface area contributed by atoms with Gasteiger partial charge in [-0.1, -0.05) is 66.2 Å². The van der Waals surface area contributed by atoms with Crippen LogP contribution in [0.15, 0.2) is 66.7 Å². The van der Waals surface area contributed by atoms with Crippen molar-refractivity contribution in [2.24, 2.45) is 0 Å². The zero-order valence-electron chi connectivity index (χ0n) is 11.1. The molecule has 3 rings (SSSR count). The van der Waals surface area contributed by atoms with Gasteiger partial charge in [-0.2, -0.15) is 0 Å². The van der Waals surface area contributed by atoms with Crippen molar-refractivity contribution in [1.82, 2.24) is 5.32 Å². The maximum atomic E-state index is 5.99. The van der Waals surface area contributed by atoms with E-state index in [1.54, 1.807) is 0 Å². The van der Waals surface area contributed by atoms with Gasteiger partial charge in [-0.05, 0) is 34.0 Å². The molecule has 0 spiro atoms. The number of halogens is 1. The van der Waals surface area contributed by atoms with Gasteiger partial charge in [0.05, 0.1) is 0 Å². The minimum absolute atomic E-state index is 0.787. The Labute approximate surface area is 124 Å². The highest BCUT2D eigenvalue weighted by Crippen LogP contribution is 2.18. The van der Waals surface area contributed by atoms with Crippen LogP contribution in [0, 0.1) is 0 Å². The summed E-state index contributed by atoms with van der Waals surface area (Å²) < 4.78 is 0. The molecule has 3 aromatic carbocycles. The monoisotopic (exact) mass is 281 g/mol. The summed E-state index contributed by atoms with van der Waals surface area (Å²) >= 11 is 5.99. The molecule has 1 nitrogen and oxygen atoms in total. The first kappa shape index (κ1) is 13.2. The highest BCUT2D eigenvalue weighted by molar-refractivity contribution is 6.30. The van der Waals surface area contributed by atoms with E-state index in [1.165, 1.54) is 21.9 Å². The maximum absolute atomic E-state index is 5.99. The lowest BCUT2D eigenvalue weighted by Gasteiger charge is -2.08. The summed E-state index contributed by atoms with van der Waals surface area (Å²) in [7, 11) is 0. The van der Waals surface area contributed by atoms with Gasteiger partial charge in [-0.25, -0.2) is 0 Å². The fourth-order valence-corrected chi connectivity index (χ4v) is 2.65. The maximum Gasteiger partial charge on any atom is 0.0409 e. The van der Waals surface area contributed by atoms with Crippen molar-refractivity contribution in [2.45, 2.75) is 13.1 Å². The van der Waals surface area contributed by atoms with Crippen LogP contribution in [0.5, 0.6) is 0 Å². The normalized spacial score (nSPS) is 10.8. The van der Waals surface area contributed by atoms with Gasteiger partial charge in [0.15, 0.2) is 0 Å². The quantitative estimate of drug-likeness (QED) is 0.725. The molecule has 0 saturated carbocycles. The fourth-order valence-electron chi connectivity index (χ4n) is 2.44. The summed E-state index contributed by atoms with van der Waals surface area (Å²) in [5, 5.41) is 6.87. The summed E-state index contributed by atoms with van der Waals surface area (Å²) in [6, 6.07) is 22.9. The van der Waals surface area contributed by atoms with Crippen molar-refractivity contribution in [3.63, 3.8) is 0 Å². The van der Waals surface area contributed by atoms with Crippen LogP contribution in [-0.4, -0.2) is 0 Å². The second kappa shape index (κ2) is 6.08. The summed E-state index contributed by atoms with van der Waals surface area (Å²) in [6.45, 7) is 1.68. The molecule has 3 aromatic rings. The van der Waals surface area contributed by atoms with Crippen LogP contribution in [0.25, 0.3) is 10.8 Å². The Kier molecular flexibility index (Phi) is 4.00. The molecule has 0 aliphatic heterocycles. The smallest absolute Gasteiger partial charge is 0.0409 e. The number of rotatable bonds is 4. The van der Waals surface area contributed by atoms with Crippen molar-refractivity contribution < 1.29 is 0 Å². The van der Waals surface area contributed by atoms with Crippen LogP contribution in [0.3, 0.4) is 0 Å². The molecule has 0 fully saturated rings. The van der Waals surface area contributed by atoms with Crippen LogP contribution in [0.2, 0.25) is 5.02 Å². The van der Waals surface area contributed by atoms with Crippen molar-refractivity contribution in [3.8, 4) is 0 Å². The second-order valence-electron chi connectivity index (χ2n) is 4.87. The standard InChI is InChI=1S/C18H16ClN/c19-17-9-3-5-14(11-17)12-20-13-16-8-4-7-15-6-1-2-10-18(15)16/h1-11,20H,12-13H2. The average molecular weight is 282 g/mol. The number of fused-ring (bicyclic) bond motifs is 1. The molecule has 0 aliphatic carbocycles. The highest BCUT2D eigenvalue weighted by atomic mass is 35.5. The third-order valence-electron chi connectivity index (χ3n) is 3.41. The third kappa shape index (κ3) is 3.01. The Morgan fingerprint density at radius 3 is 2.50 bits per heavy atom. The van der Waals surface area contributed by atoms with Crippen LogP contribution < -0.4 is 5.32 Å². The van der Waals surface area contributed by atoms with Gasteiger partial charge in [0, 0.05) is 18.1 Å². The molecule has 2 heteroatoms. The van der Waals surface area contributed by atoms with E-state index in [0.29, 0.717) is 0 Å². The lowest BCUT2D eigenvalue weighted by Crippen LogP contribution is -2.12. The molecular weight excluding hydrogens is 266 g/mol. The summed E-state index contributed by atoms with van der Waals surface area (Å²) in [5.74, 6) is 0. The van der Waals surface area contributed by atoms with Crippen molar-refractivity contribution in [1.29, 1.82) is 0 Å². The largest absolute Gasteiger partial charge is 0.309 e. The number of hydrogen-bond acceptors (Lipinski definition) is 1. The molecule has 0 amide bonds.